The van der Waals surface area contributed by atoms with E-state index in [2.05, 4.69) is 10.4 Å². The molecule has 0 spiro atoms. The normalized spacial score (nSPS) is 16.8. The Morgan fingerprint density at radius 2 is 1.96 bits per heavy atom. The Hall–Kier alpha value is -1.94. The summed E-state index contributed by atoms with van der Waals surface area (Å²) in [5.41, 5.74) is 0.512. The van der Waals surface area contributed by atoms with Gasteiger partial charge in [-0.15, -0.1) is 0 Å². The van der Waals surface area contributed by atoms with Gasteiger partial charge in [0.15, 0.2) is 0 Å². The summed E-state index contributed by atoms with van der Waals surface area (Å²) in [5, 5.41) is 7.32. The molecule has 1 fully saturated rings. The Morgan fingerprint density at radius 1 is 1.30 bits per heavy atom. The molecule has 146 valence electrons. The molecule has 27 heavy (non-hydrogen) atoms. The highest BCUT2D eigenvalue weighted by atomic mass is 35.5. The van der Waals surface area contributed by atoms with E-state index < -0.39 is 16.1 Å². The van der Waals surface area contributed by atoms with Gasteiger partial charge >= 0.3 is 0 Å². The van der Waals surface area contributed by atoms with Crippen LogP contribution >= 0.6 is 11.6 Å². The Bertz CT molecular complexity index is 892. The van der Waals surface area contributed by atoms with E-state index in [-0.39, 0.29) is 10.8 Å². The lowest BCUT2D eigenvalue weighted by Crippen LogP contribution is -2.40. The van der Waals surface area contributed by atoms with Crippen molar-refractivity contribution in [3.05, 3.63) is 41.7 Å². The zero-order chi connectivity index (χ0) is 19.4. The van der Waals surface area contributed by atoms with Crippen LogP contribution in [0.2, 0.25) is 5.02 Å². The second-order valence-corrected chi connectivity index (χ2v) is 8.47. The Morgan fingerprint density at radius 3 is 2.52 bits per heavy atom. The fourth-order valence-corrected chi connectivity index (χ4v) is 4.40. The first kappa shape index (κ1) is 19.8. The number of amides is 1. The number of rotatable bonds is 6. The number of halogens is 1. The number of hydrogen-bond acceptors (Lipinski definition) is 5. The molecule has 3 rings (SSSR count). The summed E-state index contributed by atoms with van der Waals surface area (Å²) >= 11 is 5.87. The Balaban J connectivity index is 1.70. The third-order valence-corrected chi connectivity index (χ3v) is 6.42. The lowest BCUT2D eigenvalue weighted by molar-refractivity contribution is -0.119. The van der Waals surface area contributed by atoms with Crippen LogP contribution in [0.25, 0.3) is 0 Å². The number of carbonyl (C=O) groups is 1. The first-order chi connectivity index (χ1) is 12.9. The molecule has 2 heterocycles. The largest absolute Gasteiger partial charge is 0.379 e. The van der Waals surface area contributed by atoms with Crippen LogP contribution in [0.1, 0.15) is 19.4 Å². The van der Waals surface area contributed by atoms with Gasteiger partial charge in [0.2, 0.25) is 15.9 Å². The second-order valence-electron chi connectivity index (χ2n) is 6.09. The number of ether oxygens (including phenoxy) is 1. The zero-order valence-electron chi connectivity index (χ0n) is 14.8. The third kappa shape index (κ3) is 4.49. The van der Waals surface area contributed by atoms with Crippen LogP contribution < -0.4 is 5.32 Å². The number of aromatic nitrogens is 2. The molecule has 0 radical (unpaired) electrons. The second kappa shape index (κ2) is 8.39. The van der Waals surface area contributed by atoms with Crippen LogP contribution in [0.4, 0.5) is 5.69 Å². The monoisotopic (exact) mass is 412 g/mol. The lowest BCUT2D eigenvalue weighted by Gasteiger charge is -2.26. The van der Waals surface area contributed by atoms with Crippen molar-refractivity contribution < 1.29 is 17.9 Å². The van der Waals surface area contributed by atoms with Crippen molar-refractivity contribution >= 4 is 33.2 Å². The summed E-state index contributed by atoms with van der Waals surface area (Å²) < 4.78 is 33.3. The van der Waals surface area contributed by atoms with Gasteiger partial charge in [-0.3, -0.25) is 9.48 Å². The van der Waals surface area contributed by atoms with Crippen molar-refractivity contribution in [1.82, 2.24) is 14.1 Å². The van der Waals surface area contributed by atoms with Gasteiger partial charge in [0.05, 0.1) is 29.3 Å². The van der Waals surface area contributed by atoms with Crippen LogP contribution in [0.15, 0.2) is 41.6 Å². The standard InChI is InChI=1S/C17H21ClN4O4S/c1-2-16(22-12-13(18)11-19-22)17(23)20-14-3-5-15(6-4-14)27(24,25)21-7-9-26-10-8-21/h3-6,11-12,16H,2,7-10H2,1H3,(H,20,23). The molecule has 8 nitrogen and oxygen atoms in total. The predicted molar refractivity (Wildman–Crippen MR) is 101 cm³/mol. The molecule has 1 N–H and O–H groups in total. The smallest absolute Gasteiger partial charge is 0.249 e. The molecular weight excluding hydrogens is 392 g/mol. The van der Waals surface area contributed by atoms with Crippen LogP contribution in [0, 0.1) is 0 Å². The molecule has 1 atom stereocenters. The van der Waals surface area contributed by atoms with E-state index in [4.69, 9.17) is 16.3 Å². The summed E-state index contributed by atoms with van der Waals surface area (Å²) in [6, 6.07) is 5.63. The van der Waals surface area contributed by atoms with Gasteiger partial charge in [0.1, 0.15) is 6.04 Å². The van der Waals surface area contributed by atoms with E-state index in [1.165, 1.54) is 27.3 Å². The van der Waals surface area contributed by atoms with E-state index in [1.54, 1.807) is 18.3 Å². The van der Waals surface area contributed by atoms with E-state index in [0.717, 1.165) is 0 Å². The molecule has 1 saturated heterocycles. The number of morpholine rings is 1. The van der Waals surface area contributed by atoms with E-state index >= 15 is 0 Å². The highest BCUT2D eigenvalue weighted by Gasteiger charge is 2.26. The van der Waals surface area contributed by atoms with E-state index in [9.17, 15) is 13.2 Å². The van der Waals surface area contributed by atoms with Crippen molar-refractivity contribution in [1.29, 1.82) is 0 Å². The fraction of sp³-hybridized carbons (Fsp3) is 0.412. The van der Waals surface area contributed by atoms with Gasteiger partial charge in [0.25, 0.3) is 0 Å². The highest BCUT2D eigenvalue weighted by Crippen LogP contribution is 2.21. The van der Waals surface area contributed by atoms with Gasteiger partial charge in [-0.25, -0.2) is 8.42 Å². The molecule has 0 aliphatic carbocycles. The van der Waals surface area contributed by atoms with Crippen LogP contribution in [-0.2, 0) is 19.6 Å². The Labute approximate surface area is 163 Å². The van der Waals surface area contributed by atoms with E-state index in [1.807, 2.05) is 6.92 Å². The molecule has 10 heteroatoms. The van der Waals surface area contributed by atoms with Crippen molar-refractivity contribution in [3.63, 3.8) is 0 Å². The van der Waals surface area contributed by atoms with Gasteiger partial charge in [0, 0.05) is 25.0 Å². The maximum atomic E-state index is 12.6. The van der Waals surface area contributed by atoms with Crippen LogP contribution in [-0.4, -0.2) is 54.7 Å². The predicted octanol–water partition coefficient (Wildman–Crippen LogP) is 2.15. The molecular formula is C17H21ClN4O4S. The molecule has 2 aromatic rings. The van der Waals surface area contributed by atoms with Crippen molar-refractivity contribution in [2.45, 2.75) is 24.3 Å². The van der Waals surface area contributed by atoms with Gasteiger partial charge in [-0.05, 0) is 30.7 Å². The van der Waals surface area contributed by atoms with Crippen molar-refractivity contribution in [2.24, 2.45) is 0 Å². The number of carbonyl (C=O) groups excluding carboxylic acids is 1. The quantitative estimate of drug-likeness (QED) is 0.784. The summed E-state index contributed by atoms with van der Waals surface area (Å²) in [5.74, 6) is -0.249. The summed E-state index contributed by atoms with van der Waals surface area (Å²) in [7, 11) is -3.56. The minimum atomic E-state index is -3.56. The van der Waals surface area contributed by atoms with Crippen LogP contribution in [0.5, 0.6) is 0 Å². The highest BCUT2D eigenvalue weighted by molar-refractivity contribution is 7.89. The summed E-state index contributed by atoms with van der Waals surface area (Å²) in [6.45, 7) is 3.33. The molecule has 1 unspecified atom stereocenters. The maximum Gasteiger partial charge on any atom is 0.249 e. The summed E-state index contributed by atoms with van der Waals surface area (Å²) in [6.07, 6.45) is 3.60. The maximum absolute atomic E-state index is 12.6. The minimum absolute atomic E-state index is 0.188. The molecule has 1 amide bonds. The topological polar surface area (TPSA) is 93.5 Å². The number of nitrogens with one attached hydrogen (secondary N) is 1. The zero-order valence-corrected chi connectivity index (χ0v) is 16.4. The number of hydrogen-bond donors (Lipinski definition) is 1. The number of nitrogens with zero attached hydrogens (tertiary/aromatic N) is 3. The third-order valence-electron chi connectivity index (χ3n) is 4.31. The minimum Gasteiger partial charge on any atom is -0.379 e. The number of benzene rings is 1. The number of sulfonamides is 1. The SMILES string of the molecule is CCC(C(=O)Nc1ccc(S(=O)(=O)N2CCOCC2)cc1)n1cc(Cl)cn1. The van der Waals surface area contributed by atoms with Gasteiger partial charge in [-0.2, -0.15) is 9.40 Å². The number of anilines is 1. The van der Waals surface area contributed by atoms with Gasteiger partial charge in [-0.1, -0.05) is 18.5 Å². The van der Waals surface area contributed by atoms with Gasteiger partial charge < -0.3 is 10.1 Å². The molecule has 0 saturated carbocycles. The average Bonchev–Trinajstić information content (AvgIpc) is 3.09. The molecule has 1 aromatic heterocycles. The lowest BCUT2D eigenvalue weighted by atomic mass is 10.2. The molecule has 1 aliphatic rings. The Kier molecular flexibility index (Phi) is 6.15. The summed E-state index contributed by atoms with van der Waals surface area (Å²) in [4.78, 5) is 12.7. The molecule has 1 aliphatic heterocycles. The molecule has 1 aromatic carbocycles. The molecule has 0 bridgehead atoms. The fourth-order valence-electron chi connectivity index (χ4n) is 2.85. The van der Waals surface area contributed by atoms with Crippen molar-refractivity contribution in [2.75, 3.05) is 31.6 Å². The van der Waals surface area contributed by atoms with Crippen molar-refractivity contribution in [3.8, 4) is 0 Å². The average molecular weight is 413 g/mol. The van der Waals surface area contributed by atoms with Crippen LogP contribution in [0.3, 0.4) is 0 Å². The first-order valence-electron chi connectivity index (χ1n) is 8.60. The van der Waals surface area contributed by atoms with E-state index in [0.29, 0.717) is 43.4 Å². The first-order valence-corrected chi connectivity index (χ1v) is 10.4.